The van der Waals surface area contributed by atoms with Crippen LogP contribution in [0.25, 0.3) is 0 Å². The van der Waals surface area contributed by atoms with Crippen molar-refractivity contribution in [2.75, 3.05) is 11.5 Å². The predicted octanol–water partition coefficient (Wildman–Crippen LogP) is 1.83. The first-order chi connectivity index (χ1) is 8.05. The summed E-state index contributed by atoms with van der Waals surface area (Å²) in [5.41, 5.74) is 7.40. The van der Waals surface area contributed by atoms with Crippen molar-refractivity contribution < 1.29 is 8.42 Å². The van der Waals surface area contributed by atoms with E-state index in [0.717, 1.165) is 25.7 Å². The lowest BCUT2D eigenvalue weighted by molar-refractivity contribution is 0.452. The molecule has 0 aliphatic carbocycles. The maximum absolute atomic E-state index is 11.3. The molecule has 2 atom stereocenters. The van der Waals surface area contributed by atoms with Crippen molar-refractivity contribution >= 4 is 21.2 Å². The fourth-order valence-corrected chi connectivity index (χ4v) is 4.97. The zero-order valence-corrected chi connectivity index (χ0v) is 11.5. The summed E-state index contributed by atoms with van der Waals surface area (Å²) in [6.07, 6.45) is 3.61. The molecule has 1 aliphatic heterocycles. The first-order valence-corrected chi connectivity index (χ1v) is 8.79. The molecule has 0 amide bonds. The molecule has 17 heavy (non-hydrogen) atoms. The Morgan fingerprint density at radius 2 is 2.35 bits per heavy atom. The van der Waals surface area contributed by atoms with Crippen molar-refractivity contribution in [1.29, 1.82) is 0 Å². The van der Waals surface area contributed by atoms with Crippen LogP contribution in [-0.4, -0.2) is 26.0 Å². The summed E-state index contributed by atoms with van der Waals surface area (Å²) in [4.78, 5) is 0. The number of rotatable bonds is 5. The zero-order valence-electron chi connectivity index (χ0n) is 9.84. The first-order valence-electron chi connectivity index (χ1n) is 6.02. The molecule has 0 saturated carbocycles. The van der Waals surface area contributed by atoms with Crippen LogP contribution in [0, 0.1) is 5.92 Å². The van der Waals surface area contributed by atoms with Crippen molar-refractivity contribution in [3.8, 4) is 0 Å². The smallest absolute Gasteiger partial charge is 0.150 e. The van der Waals surface area contributed by atoms with Gasteiger partial charge in [-0.05, 0) is 54.0 Å². The molecule has 1 aliphatic rings. The van der Waals surface area contributed by atoms with Gasteiger partial charge in [-0.15, -0.1) is 0 Å². The number of thiophene rings is 1. The van der Waals surface area contributed by atoms with Crippen LogP contribution in [0.5, 0.6) is 0 Å². The maximum Gasteiger partial charge on any atom is 0.150 e. The molecule has 96 valence electrons. The summed E-state index contributed by atoms with van der Waals surface area (Å²) >= 11 is 1.70. The van der Waals surface area contributed by atoms with Crippen LogP contribution in [-0.2, 0) is 16.3 Å². The summed E-state index contributed by atoms with van der Waals surface area (Å²) in [5.74, 6) is 0.992. The van der Waals surface area contributed by atoms with Gasteiger partial charge in [0, 0.05) is 6.04 Å². The Balaban J connectivity index is 1.73. The highest BCUT2D eigenvalue weighted by atomic mass is 32.2. The number of nitrogens with two attached hydrogens (primary N) is 1. The highest BCUT2D eigenvalue weighted by molar-refractivity contribution is 7.91. The molecule has 1 fully saturated rings. The highest BCUT2D eigenvalue weighted by Gasteiger charge is 2.28. The molecule has 1 aromatic heterocycles. The van der Waals surface area contributed by atoms with Crippen LogP contribution < -0.4 is 5.73 Å². The molecule has 2 heterocycles. The lowest BCUT2D eigenvalue weighted by Crippen LogP contribution is -2.24. The van der Waals surface area contributed by atoms with Crippen LogP contribution in [0.1, 0.15) is 24.8 Å². The lowest BCUT2D eigenvalue weighted by atomic mass is 9.96. The second-order valence-corrected chi connectivity index (χ2v) is 7.94. The Hall–Kier alpha value is -0.390. The van der Waals surface area contributed by atoms with Gasteiger partial charge < -0.3 is 5.73 Å². The quantitative estimate of drug-likeness (QED) is 0.890. The summed E-state index contributed by atoms with van der Waals surface area (Å²) in [6.45, 7) is 0. The number of aryl methyl sites for hydroxylation is 1. The van der Waals surface area contributed by atoms with Gasteiger partial charge in [0.05, 0.1) is 11.5 Å². The summed E-state index contributed by atoms with van der Waals surface area (Å²) < 4.78 is 22.7. The Kier molecular flexibility index (Phi) is 4.22. The zero-order chi connectivity index (χ0) is 12.3. The summed E-state index contributed by atoms with van der Waals surface area (Å²) in [5, 5.41) is 4.22. The van der Waals surface area contributed by atoms with E-state index in [0.29, 0.717) is 11.5 Å². The largest absolute Gasteiger partial charge is 0.328 e. The fraction of sp³-hybridized carbons (Fsp3) is 0.667. The topological polar surface area (TPSA) is 60.2 Å². The third-order valence-corrected chi connectivity index (χ3v) is 5.92. The van der Waals surface area contributed by atoms with E-state index in [-0.39, 0.29) is 12.0 Å². The summed E-state index contributed by atoms with van der Waals surface area (Å²) in [6, 6.07) is 2.26. The Morgan fingerprint density at radius 1 is 1.53 bits per heavy atom. The van der Waals surface area contributed by atoms with Crippen LogP contribution in [0.15, 0.2) is 16.8 Å². The Morgan fingerprint density at radius 3 is 2.94 bits per heavy atom. The number of sulfone groups is 1. The molecule has 5 heteroatoms. The average Bonchev–Trinajstić information content (AvgIpc) is 2.85. The second-order valence-electron chi connectivity index (χ2n) is 4.94. The third kappa shape index (κ3) is 4.08. The monoisotopic (exact) mass is 273 g/mol. The minimum atomic E-state index is -2.75. The average molecular weight is 273 g/mol. The SMILES string of the molecule is NC(CCc1ccsc1)CC1CCS(=O)(=O)C1. The lowest BCUT2D eigenvalue weighted by Gasteiger charge is -2.14. The molecule has 1 aromatic rings. The van der Waals surface area contributed by atoms with Crippen LogP contribution in [0.2, 0.25) is 0 Å². The van der Waals surface area contributed by atoms with Gasteiger partial charge in [-0.25, -0.2) is 8.42 Å². The summed E-state index contributed by atoms with van der Waals surface area (Å²) in [7, 11) is -2.75. The second kappa shape index (κ2) is 5.50. The molecule has 0 radical (unpaired) electrons. The van der Waals surface area contributed by atoms with Gasteiger partial charge in [-0.1, -0.05) is 0 Å². The van der Waals surface area contributed by atoms with Crippen LogP contribution >= 0.6 is 11.3 Å². The van der Waals surface area contributed by atoms with Gasteiger partial charge in [0.15, 0.2) is 9.84 Å². The number of hydrogen-bond donors (Lipinski definition) is 1. The van der Waals surface area contributed by atoms with Crippen LogP contribution in [0.3, 0.4) is 0 Å². The molecule has 3 nitrogen and oxygen atoms in total. The van der Waals surface area contributed by atoms with E-state index in [1.165, 1.54) is 5.56 Å². The van der Waals surface area contributed by atoms with Gasteiger partial charge in [-0.2, -0.15) is 11.3 Å². The molecule has 0 spiro atoms. The van der Waals surface area contributed by atoms with E-state index in [9.17, 15) is 8.42 Å². The van der Waals surface area contributed by atoms with E-state index in [2.05, 4.69) is 16.8 Å². The molecular weight excluding hydrogens is 254 g/mol. The van der Waals surface area contributed by atoms with Crippen molar-refractivity contribution in [3.63, 3.8) is 0 Å². The van der Waals surface area contributed by atoms with Crippen molar-refractivity contribution in [2.24, 2.45) is 11.7 Å². The normalized spacial score (nSPS) is 24.9. The molecule has 2 unspecified atom stereocenters. The minimum absolute atomic E-state index is 0.133. The van der Waals surface area contributed by atoms with Crippen LogP contribution in [0.4, 0.5) is 0 Å². The van der Waals surface area contributed by atoms with E-state index >= 15 is 0 Å². The van der Waals surface area contributed by atoms with E-state index in [1.54, 1.807) is 11.3 Å². The molecule has 0 bridgehead atoms. The van der Waals surface area contributed by atoms with Crippen molar-refractivity contribution in [1.82, 2.24) is 0 Å². The van der Waals surface area contributed by atoms with Crippen molar-refractivity contribution in [2.45, 2.75) is 31.7 Å². The third-order valence-electron chi connectivity index (χ3n) is 3.35. The number of hydrogen-bond acceptors (Lipinski definition) is 4. The van der Waals surface area contributed by atoms with Gasteiger partial charge in [0.1, 0.15) is 0 Å². The first kappa shape index (κ1) is 13.1. The molecular formula is C12H19NO2S2. The molecule has 0 aromatic carbocycles. The Bertz CT molecular complexity index is 439. The van der Waals surface area contributed by atoms with Gasteiger partial charge >= 0.3 is 0 Å². The standard InChI is InChI=1S/C12H19NO2S2/c13-12(2-1-10-3-5-16-8-10)7-11-4-6-17(14,15)9-11/h3,5,8,11-12H,1-2,4,6-7,9,13H2. The Labute approximate surface area is 107 Å². The van der Waals surface area contributed by atoms with E-state index in [1.807, 2.05) is 0 Å². The molecule has 2 rings (SSSR count). The van der Waals surface area contributed by atoms with Gasteiger partial charge in [0.2, 0.25) is 0 Å². The van der Waals surface area contributed by atoms with Gasteiger partial charge in [0.25, 0.3) is 0 Å². The minimum Gasteiger partial charge on any atom is -0.328 e. The predicted molar refractivity (Wildman–Crippen MR) is 72.0 cm³/mol. The molecule has 2 N–H and O–H groups in total. The maximum atomic E-state index is 11.3. The van der Waals surface area contributed by atoms with E-state index in [4.69, 9.17) is 5.73 Å². The fourth-order valence-electron chi connectivity index (χ4n) is 2.39. The van der Waals surface area contributed by atoms with Crippen molar-refractivity contribution in [3.05, 3.63) is 22.4 Å². The van der Waals surface area contributed by atoms with Gasteiger partial charge in [-0.3, -0.25) is 0 Å². The van der Waals surface area contributed by atoms with E-state index < -0.39 is 9.84 Å². The molecule has 1 saturated heterocycles. The highest BCUT2D eigenvalue weighted by Crippen LogP contribution is 2.23.